The van der Waals surface area contributed by atoms with Crippen LogP contribution in [0.5, 0.6) is 0 Å². The number of allylic oxidation sites excluding steroid dienone is 2. The molecule has 0 bridgehead atoms. The molecule has 1 aromatic rings. The van der Waals surface area contributed by atoms with Crippen LogP contribution in [0.15, 0.2) is 36.4 Å². The highest BCUT2D eigenvalue weighted by atomic mass is 19.1. The predicted molar refractivity (Wildman–Crippen MR) is 99.1 cm³/mol. The monoisotopic (exact) mass is 335 g/mol. The Bertz CT molecular complexity index is 670. The summed E-state index contributed by atoms with van der Waals surface area (Å²) in [7, 11) is 0. The molecule has 0 N–H and O–H groups in total. The van der Waals surface area contributed by atoms with Crippen molar-refractivity contribution in [2.75, 3.05) is 0 Å². The van der Waals surface area contributed by atoms with Crippen molar-refractivity contribution in [3.63, 3.8) is 0 Å². The zero-order chi connectivity index (χ0) is 17.5. The summed E-state index contributed by atoms with van der Waals surface area (Å²) in [5.74, 6) is 8.06. The molecule has 2 saturated carbocycles. The lowest BCUT2D eigenvalue weighted by molar-refractivity contribution is 0.171. The van der Waals surface area contributed by atoms with Crippen LogP contribution in [0.25, 0.3) is 0 Å². The number of hydrogen-bond donors (Lipinski definition) is 0. The second kappa shape index (κ2) is 8.87. The van der Waals surface area contributed by atoms with Gasteiger partial charge < -0.3 is 0 Å². The highest BCUT2D eigenvalue weighted by Gasteiger charge is 2.30. The highest BCUT2D eigenvalue weighted by Crippen LogP contribution is 2.44. The average Bonchev–Trinajstić information content (AvgIpc) is 2.67. The lowest BCUT2D eigenvalue weighted by Crippen LogP contribution is -2.25. The first-order valence-electron chi connectivity index (χ1n) is 9.58. The van der Waals surface area contributed by atoms with Gasteiger partial charge in [-0.25, -0.2) is 4.39 Å². The Morgan fingerprint density at radius 1 is 0.880 bits per heavy atom. The van der Waals surface area contributed by atoms with E-state index in [9.17, 15) is 4.39 Å². The van der Waals surface area contributed by atoms with Crippen molar-refractivity contribution in [3.8, 4) is 17.9 Å². The van der Waals surface area contributed by atoms with Crippen molar-refractivity contribution in [2.45, 2.75) is 57.3 Å². The van der Waals surface area contributed by atoms with Crippen molar-refractivity contribution < 1.29 is 4.39 Å². The number of nitriles is 1. The van der Waals surface area contributed by atoms with Gasteiger partial charge in [0.05, 0.1) is 0 Å². The second-order valence-electron chi connectivity index (χ2n) is 7.58. The molecule has 0 radical (unpaired) electrons. The molecule has 0 heterocycles. The minimum atomic E-state index is -0.137. The smallest absolute Gasteiger partial charge is 0.152 e. The van der Waals surface area contributed by atoms with E-state index in [0.29, 0.717) is 11.8 Å². The molecule has 0 aromatic heterocycles. The van der Waals surface area contributed by atoms with Crippen LogP contribution >= 0.6 is 0 Å². The van der Waals surface area contributed by atoms with Crippen LogP contribution < -0.4 is 0 Å². The fraction of sp³-hybridized carbons (Fsp3) is 0.522. The molecule has 1 aromatic carbocycles. The van der Waals surface area contributed by atoms with E-state index in [2.05, 4.69) is 17.9 Å². The summed E-state index contributed by atoms with van der Waals surface area (Å²) in [5.41, 5.74) is 1.31. The molecular weight excluding hydrogens is 309 g/mol. The van der Waals surface area contributed by atoms with Crippen LogP contribution in [-0.2, 0) is 0 Å². The quantitative estimate of drug-likeness (QED) is 0.622. The molecule has 0 atom stereocenters. The van der Waals surface area contributed by atoms with E-state index in [1.807, 2.05) is 24.3 Å². The Kier molecular flexibility index (Phi) is 6.30. The fourth-order valence-electron chi connectivity index (χ4n) is 4.73. The van der Waals surface area contributed by atoms with Gasteiger partial charge >= 0.3 is 0 Å². The minimum Gasteiger partial charge on any atom is -0.207 e. The molecule has 0 aliphatic heterocycles. The summed E-state index contributed by atoms with van der Waals surface area (Å²) in [5, 5.41) is 8.41. The Labute approximate surface area is 150 Å². The van der Waals surface area contributed by atoms with Gasteiger partial charge in [-0.05, 0) is 98.8 Å². The standard InChI is InChI=1S/C23H26FN/c24-23-15-13-22(14-16-23)21-11-9-20(10-12-21)19-7-5-18(6-8-19)4-2-1-3-17-25/h2,4,13-16,18-21H,5-12H2/t18-,19-,20-,21-. The lowest BCUT2D eigenvalue weighted by Gasteiger charge is -2.37. The van der Waals surface area contributed by atoms with E-state index in [-0.39, 0.29) is 5.82 Å². The van der Waals surface area contributed by atoms with Gasteiger partial charge in [0.1, 0.15) is 5.82 Å². The average molecular weight is 335 g/mol. The van der Waals surface area contributed by atoms with Crippen LogP contribution in [0.4, 0.5) is 4.39 Å². The first-order chi connectivity index (χ1) is 12.3. The zero-order valence-corrected chi connectivity index (χ0v) is 14.8. The minimum absolute atomic E-state index is 0.137. The van der Waals surface area contributed by atoms with E-state index in [0.717, 1.165) is 11.8 Å². The van der Waals surface area contributed by atoms with Crippen molar-refractivity contribution in [2.24, 2.45) is 17.8 Å². The van der Waals surface area contributed by atoms with Crippen LogP contribution in [0.3, 0.4) is 0 Å². The predicted octanol–water partition coefficient (Wildman–Crippen LogP) is 5.99. The molecule has 3 rings (SSSR count). The van der Waals surface area contributed by atoms with Crippen LogP contribution in [0.2, 0.25) is 0 Å². The Morgan fingerprint density at radius 3 is 2.08 bits per heavy atom. The molecule has 1 nitrogen and oxygen atoms in total. The summed E-state index contributed by atoms with van der Waals surface area (Å²) < 4.78 is 13.1. The Morgan fingerprint density at radius 2 is 1.48 bits per heavy atom. The van der Waals surface area contributed by atoms with Crippen molar-refractivity contribution in [1.29, 1.82) is 5.26 Å². The molecule has 0 unspecified atom stereocenters. The fourth-order valence-corrected chi connectivity index (χ4v) is 4.73. The third-order valence-electron chi connectivity index (χ3n) is 6.18. The third-order valence-corrected chi connectivity index (χ3v) is 6.18. The van der Waals surface area contributed by atoms with Gasteiger partial charge in [0, 0.05) is 5.92 Å². The molecule has 2 fully saturated rings. The maximum Gasteiger partial charge on any atom is 0.152 e. The van der Waals surface area contributed by atoms with Gasteiger partial charge in [0.15, 0.2) is 6.07 Å². The summed E-state index contributed by atoms with van der Waals surface area (Å²) >= 11 is 0. The summed E-state index contributed by atoms with van der Waals surface area (Å²) in [4.78, 5) is 0. The van der Waals surface area contributed by atoms with Gasteiger partial charge in [-0.1, -0.05) is 24.1 Å². The van der Waals surface area contributed by atoms with Crippen molar-refractivity contribution in [1.82, 2.24) is 0 Å². The van der Waals surface area contributed by atoms with Gasteiger partial charge in [-0.2, -0.15) is 5.26 Å². The molecule has 0 saturated heterocycles. The van der Waals surface area contributed by atoms with E-state index in [1.54, 1.807) is 12.1 Å². The maximum absolute atomic E-state index is 13.1. The number of halogens is 1. The van der Waals surface area contributed by atoms with E-state index in [1.165, 1.54) is 56.9 Å². The van der Waals surface area contributed by atoms with Crippen molar-refractivity contribution >= 4 is 0 Å². The van der Waals surface area contributed by atoms with Gasteiger partial charge in [0.2, 0.25) is 0 Å². The number of hydrogen-bond acceptors (Lipinski definition) is 1. The molecule has 25 heavy (non-hydrogen) atoms. The maximum atomic E-state index is 13.1. The van der Waals surface area contributed by atoms with Crippen LogP contribution in [0.1, 0.15) is 62.8 Å². The lowest BCUT2D eigenvalue weighted by atomic mass is 9.68. The normalized spacial score (nSPS) is 29.6. The summed E-state index contributed by atoms with van der Waals surface area (Å²) in [6, 6.07) is 8.96. The molecular formula is C23H26FN. The first-order valence-corrected chi connectivity index (χ1v) is 9.58. The Balaban J connectivity index is 1.44. The SMILES string of the molecule is N#CC#CC=C[C@H]1CC[C@H]([C@H]2CC[C@H](c3ccc(F)cc3)CC2)CC1. The molecule has 2 aliphatic rings. The van der Waals surface area contributed by atoms with Crippen LogP contribution in [0, 0.1) is 46.7 Å². The first kappa shape index (κ1) is 17.8. The van der Waals surface area contributed by atoms with Crippen LogP contribution in [-0.4, -0.2) is 0 Å². The van der Waals surface area contributed by atoms with Gasteiger partial charge in [-0.15, -0.1) is 0 Å². The number of benzene rings is 1. The molecule has 0 amide bonds. The van der Waals surface area contributed by atoms with E-state index < -0.39 is 0 Å². The molecule has 2 aliphatic carbocycles. The summed E-state index contributed by atoms with van der Waals surface area (Å²) in [6.45, 7) is 0. The number of nitrogens with zero attached hydrogens (tertiary/aromatic N) is 1. The van der Waals surface area contributed by atoms with E-state index >= 15 is 0 Å². The van der Waals surface area contributed by atoms with Gasteiger partial charge in [0.25, 0.3) is 0 Å². The Hall–Kier alpha value is -2.06. The zero-order valence-electron chi connectivity index (χ0n) is 14.8. The highest BCUT2D eigenvalue weighted by molar-refractivity contribution is 5.25. The largest absolute Gasteiger partial charge is 0.207 e. The third kappa shape index (κ3) is 4.96. The van der Waals surface area contributed by atoms with E-state index in [4.69, 9.17) is 5.26 Å². The molecule has 130 valence electrons. The van der Waals surface area contributed by atoms with Gasteiger partial charge in [-0.3, -0.25) is 0 Å². The number of rotatable bonds is 3. The van der Waals surface area contributed by atoms with Crippen molar-refractivity contribution in [3.05, 3.63) is 47.8 Å². The summed E-state index contributed by atoms with van der Waals surface area (Å²) in [6.07, 6.45) is 14.3. The topological polar surface area (TPSA) is 23.8 Å². The molecule has 2 heteroatoms. The second-order valence-corrected chi connectivity index (χ2v) is 7.58. The molecule has 0 spiro atoms.